The number of urea groups is 1. The molecule has 2 saturated heterocycles. The molecule has 2 aliphatic heterocycles. The standard InChI is InChI=1S/C25H32N4O2/c1-19-10-11-21(17-23(19)29-16-13-26-25(29)31)24(30)27(2)22-9-6-14-28(18-22)15-12-20-7-4-3-5-8-20/h3-5,7-8,10-11,17,22H,6,9,12-16,18H2,1-2H3,(H,26,31). The van der Waals surface area contributed by atoms with Crippen LogP contribution >= 0.6 is 0 Å². The number of carbonyl (C=O) groups is 2. The second-order valence-electron chi connectivity index (χ2n) is 8.63. The molecule has 1 unspecified atom stereocenters. The van der Waals surface area contributed by atoms with Crippen molar-refractivity contribution in [3.63, 3.8) is 0 Å². The average molecular weight is 421 g/mol. The third-order valence-electron chi connectivity index (χ3n) is 6.51. The number of nitrogens with zero attached hydrogens (tertiary/aromatic N) is 3. The van der Waals surface area contributed by atoms with E-state index in [4.69, 9.17) is 0 Å². The Kier molecular flexibility index (Phi) is 6.56. The topological polar surface area (TPSA) is 55.9 Å². The lowest BCUT2D eigenvalue weighted by Gasteiger charge is -2.37. The molecular formula is C25H32N4O2. The van der Waals surface area contributed by atoms with Gasteiger partial charge < -0.3 is 15.1 Å². The van der Waals surface area contributed by atoms with E-state index in [0.29, 0.717) is 18.7 Å². The van der Waals surface area contributed by atoms with Gasteiger partial charge in [0.05, 0.1) is 0 Å². The van der Waals surface area contributed by atoms with E-state index < -0.39 is 0 Å². The zero-order valence-electron chi connectivity index (χ0n) is 18.5. The first kappa shape index (κ1) is 21.4. The molecule has 4 rings (SSSR count). The van der Waals surface area contributed by atoms with E-state index in [9.17, 15) is 9.59 Å². The second kappa shape index (κ2) is 9.52. The summed E-state index contributed by atoms with van der Waals surface area (Å²) in [7, 11) is 1.91. The van der Waals surface area contributed by atoms with Gasteiger partial charge in [-0.25, -0.2) is 4.79 Å². The van der Waals surface area contributed by atoms with Crippen molar-refractivity contribution >= 4 is 17.6 Å². The van der Waals surface area contributed by atoms with Crippen LogP contribution in [0.5, 0.6) is 0 Å². The van der Waals surface area contributed by atoms with Gasteiger partial charge in [0.1, 0.15) is 0 Å². The SMILES string of the molecule is Cc1ccc(C(=O)N(C)C2CCCN(CCc3ccccc3)C2)cc1N1CCNC1=O. The fourth-order valence-corrected chi connectivity index (χ4v) is 4.59. The highest BCUT2D eigenvalue weighted by atomic mass is 16.2. The number of likely N-dealkylation sites (tertiary alicyclic amines) is 1. The summed E-state index contributed by atoms with van der Waals surface area (Å²) in [5, 5.41) is 2.83. The van der Waals surface area contributed by atoms with Crippen molar-refractivity contribution in [1.29, 1.82) is 0 Å². The van der Waals surface area contributed by atoms with Gasteiger partial charge >= 0.3 is 6.03 Å². The number of hydrogen-bond acceptors (Lipinski definition) is 3. The van der Waals surface area contributed by atoms with Crippen molar-refractivity contribution in [2.24, 2.45) is 0 Å². The summed E-state index contributed by atoms with van der Waals surface area (Å²) in [5.74, 6) is 0.0239. The Morgan fingerprint density at radius 3 is 2.71 bits per heavy atom. The number of amides is 3. The predicted octanol–water partition coefficient (Wildman–Crippen LogP) is 3.30. The highest BCUT2D eigenvalue weighted by Crippen LogP contribution is 2.25. The molecule has 0 spiro atoms. The molecule has 1 atom stereocenters. The number of hydrogen-bond donors (Lipinski definition) is 1. The summed E-state index contributed by atoms with van der Waals surface area (Å²) in [6.45, 7) is 6.25. The molecule has 2 aliphatic rings. The van der Waals surface area contributed by atoms with E-state index in [1.807, 2.05) is 43.1 Å². The maximum atomic E-state index is 13.3. The highest BCUT2D eigenvalue weighted by Gasteiger charge is 2.28. The van der Waals surface area contributed by atoms with Crippen molar-refractivity contribution in [2.75, 3.05) is 44.7 Å². The van der Waals surface area contributed by atoms with E-state index in [1.165, 1.54) is 5.56 Å². The lowest BCUT2D eigenvalue weighted by molar-refractivity contribution is 0.0619. The van der Waals surface area contributed by atoms with Gasteiger partial charge in [0.25, 0.3) is 5.91 Å². The monoisotopic (exact) mass is 420 g/mol. The maximum Gasteiger partial charge on any atom is 0.322 e. The van der Waals surface area contributed by atoms with Crippen molar-refractivity contribution in [2.45, 2.75) is 32.2 Å². The molecule has 0 radical (unpaired) electrons. The molecule has 6 nitrogen and oxygen atoms in total. The fraction of sp³-hybridized carbons (Fsp3) is 0.440. The molecule has 0 saturated carbocycles. The van der Waals surface area contributed by atoms with Gasteiger partial charge in [0, 0.05) is 50.5 Å². The van der Waals surface area contributed by atoms with Crippen molar-refractivity contribution < 1.29 is 9.59 Å². The molecule has 1 N–H and O–H groups in total. The number of carbonyl (C=O) groups excluding carboxylic acids is 2. The van der Waals surface area contributed by atoms with Gasteiger partial charge in [-0.3, -0.25) is 9.69 Å². The van der Waals surface area contributed by atoms with E-state index in [2.05, 4.69) is 34.5 Å². The molecule has 2 aromatic rings. The molecule has 2 aromatic carbocycles. The molecule has 164 valence electrons. The van der Waals surface area contributed by atoms with Gasteiger partial charge in [-0.1, -0.05) is 36.4 Å². The zero-order chi connectivity index (χ0) is 21.8. The number of likely N-dealkylation sites (N-methyl/N-ethyl adjacent to an activating group) is 1. The minimum Gasteiger partial charge on any atom is -0.337 e. The molecule has 2 heterocycles. The van der Waals surface area contributed by atoms with Gasteiger partial charge in [-0.15, -0.1) is 0 Å². The number of rotatable bonds is 6. The molecule has 0 aliphatic carbocycles. The number of nitrogens with one attached hydrogen (secondary N) is 1. The minimum atomic E-state index is -0.0950. The summed E-state index contributed by atoms with van der Waals surface area (Å²) >= 11 is 0. The fourth-order valence-electron chi connectivity index (χ4n) is 4.59. The number of aryl methyl sites for hydroxylation is 1. The molecule has 0 aromatic heterocycles. The number of piperidine rings is 1. The summed E-state index contributed by atoms with van der Waals surface area (Å²) < 4.78 is 0. The third-order valence-corrected chi connectivity index (χ3v) is 6.51. The summed E-state index contributed by atoms with van der Waals surface area (Å²) in [6.07, 6.45) is 3.16. The Balaban J connectivity index is 1.41. The minimum absolute atomic E-state index is 0.0239. The smallest absolute Gasteiger partial charge is 0.322 e. The Bertz CT molecular complexity index is 930. The third kappa shape index (κ3) is 4.90. The van der Waals surface area contributed by atoms with Crippen LogP contribution in [0.25, 0.3) is 0 Å². The molecule has 2 fully saturated rings. The van der Waals surface area contributed by atoms with Crippen molar-refractivity contribution in [3.05, 3.63) is 65.2 Å². The summed E-state index contributed by atoms with van der Waals surface area (Å²) in [4.78, 5) is 31.5. The van der Waals surface area contributed by atoms with E-state index >= 15 is 0 Å². The van der Waals surface area contributed by atoms with Crippen LogP contribution in [-0.2, 0) is 6.42 Å². The molecule has 31 heavy (non-hydrogen) atoms. The van der Waals surface area contributed by atoms with Crippen LogP contribution in [0.3, 0.4) is 0 Å². The van der Waals surface area contributed by atoms with E-state index in [1.54, 1.807) is 4.90 Å². The van der Waals surface area contributed by atoms with Crippen LogP contribution < -0.4 is 10.2 Å². The number of benzene rings is 2. The predicted molar refractivity (Wildman–Crippen MR) is 124 cm³/mol. The summed E-state index contributed by atoms with van der Waals surface area (Å²) in [6, 6.07) is 16.4. The first-order valence-corrected chi connectivity index (χ1v) is 11.2. The van der Waals surface area contributed by atoms with Crippen LogP contribution in [0.15, 0.2) is 48.5 Å². The van der Waals surface area contributed by atoms with Gasteiger partial charge in [-0.2, -0.15) is 0 Å². The maximum absolute atomic E-state index is 13.3. The summed E-state index contributed by atoms with van der Waals surface area (Å²) in [5.41, 5.74) is 3.82. The molecule has 0 bridgehead atoms. The normalized spacial score (nSPS) is 19.4. The molecule has 6 heteroatoms. The van der Waals surface area contributed by atoms with Gasteiger partial charge in [-0.05, 0) is 56.0 Å². The molecule has 3 amide bonds. The van der Waals surface area contributed by atoms with Crippen LogP contribution in [0, 0.1) is 6.92 Å². The zero-order valence-corrected chi connectivity index (χ0v) is 18.5. The Morgan fingerprint density at radius 2 is 1.97 bits per heavy atom. The second-order valence-corrected chi connectivity index (χ2v) is 8.63. The van der Waals surface area contributed by atoms with Crippen LogP contribution in [0.1, 0.15) is 34.3 Å². The van der Waals surface area contributed by atoms with Crippen molar-refractivity contribution in [3.8, 4) is 0 Å². The van der Waals surface area contributed by atoms with Crippen LogP contribution in [0.4, 0.5) is 10.5 Å². The van der Waals surface area contributed by atoms with E-state index in [0.717, 1.165) is 50.1 Å². The Morgan fingerprint density at radius 1 is 1.16 bits per heavy atom. The molecular weight excluding hydrogens is 388 g/mol. The van der Waals surface area contributed by atoms with Gasteiger partial charge in [0.2, 0.25) is 0 Å². The van der Waals surface area contributed by atoms with Crippen LogP contribution in [-0.4, -0.2) is 67.6 Å². The largest absolute Gasteiger partial charge is 0.337 e. The lowest BCUT2D eigenvalue weighted by Crippen LogP contribution is -2.49. The Labute approximate surface area is 184 Å². The lowest BCUT2D eigenvalue weighted by atomic mass is 10.0. The highest BCUT2D eigenvalue weighted by molar-refractivity contribution is 5.99. The van der Waals surface area contributed by atoms with Crippen LogP contribution in [0.2, 0.25) is 0 Å². The quantitative estimate of drug-likeness (QED) is 0.780. The first-order valence-electron chi connectivity index (χ1n) is 11.2. The van der Waals surface area contributed by atoms with Gasteiger partial charge in [0.15, 0.2) is 0 Å². The first-order chi connectivity index (χ1) is 15.0. The van der Waals surface area contributed by atoms with E-state index in [-0.39, 0.29) is 18.0 Å². The van der Waals surface area contributed by atoms with Crippen molar-refractivity contribution in [1.82, 2.24) is 15.1 Å². The number of anilines is 1. The Hall–Kier alpha value is -2.86. The average Bonchev–Trinajstić information content (AvgIpc) is 3.23.